The Morgan fingerprint density at radius 1 is 1.00 bits per heavy atom. The summed E-state index contributed by atoms with van der Waals surface area (Å²) < 4.78 is 1.88. The first-order chi connectivity index (χ1) is 12.6. The fourth-order valence-electron chi connectivity index (χ4n) is 2.99. The summed E-state index contributed by atoms with van der Waals surface area (Å²) in [5.41, 5.74) is 6.16. The number of aromatic nitrogens is 4. The molecule has 0 fully saturated rings. The van der Waals surface area contributed by atoms with E-state index in [-0.39, 0.29) is 0 Å². The first kappa shape index (κ1) is 16.3. The molecule has 26 heavy (non-hydrogen) atoms. The lowest BCUT2D eigenvalue weighted by molar-refractivity contribution is 0.866. The minimum absolute atomic E-state index is 0.483. The summed E-state index contributed by atoms with van der Waals surface area (Å²) in [6, 6.07) is 18.5. The standard InChI is InChI=1S/C21H21N5/c1-14(2)16-6-4-7-17(13-16)19-8-5-9-20-24-21(25-26(19)20)23-18-10-11-22-15(3)12-18/h4-14H,1-3H3,(H,22,23,25). The highest BCUT2D eigenvalue weighted by Crippen LogP contribution is 2.25. The van der Waals surface area contributed by atoms with Crippen molar-refractivity contribution in [2.24, 2.45) is 0 Å². The Balaban J connectivity index is 1.75. The summed E-state index contributed by atoms with van der Waals surface area (Å²) in [5, 5.41) is 7.92. The van der Waals surface area contributed by atoms with Gasteiger partial charge in [-0.1, -0.05) is 38.1 Å². The van der Waals surface area contributed by atoms with Crippen molar-refractivity contribution in [1.29, 1.82) is 0 Å². The Kier molecular flexibility index (Phi) is 4.13. The number of hydrogen-bond donors (Lipinski definition) is 1. The van der Waals surface area contributed by atoms with Crippen LogP contribution in [0.5, 0.6) is 0 Å². The van der Waals surface area contributed by atoms with E-state index in [0.29, 0.717) is 11.9 Å². The highest BCUT2D eigenvalue weighted by molar-refractivity contribution is 5.65. The summed E-state index contributed by atoms with van der Waals surface area (Å²) in [7, 11) is 0. The normalized spacial score (nSPS) is 11.2. The van der Waals surface area contributed by atoms with Gasteiger partial charge in [0.15, 0.2) is 5.65 Å². The average Bonchev–Trinajstić information content (AvgIpc) is 3.04. The molecular weight excluding hydrogens is 322 g/mol. The molecule has 0 aliphatic carbocycles. The van der Waals surface area contributed by atoms with E-state index in [9.17, 15) is 0 Å². The topological polar surface area (TPSA) is 55.1 Å². The van der Waals surface area contributed by atoms with Crippen LogP contribution in [0.15, 0.2) is 60.8 Å². The molecule has 0 saturated carbocycles. The summed E-state index contributed by atoms with van der Waals surface area (Å²) in [6.45, 7) is 6.36. The smallest absolute Gasteiger partial charge is 0.247 e. The zero-order valence-corrected chi connectivity index (χ0v) is 15.1. The Labute approximate surface area is 152 Å². The third-order valence-electron chi connectivity index (χ3n) is 4.36. The third kappa shape index (κ3) is 3.16. The van der Waals surface area contributed by atoms with E-state index >= 15 is 0 Å². The van der Waals surface area contributed by atoms with Gasteiger partial charge in [0, 0.05) is 23.1 Å². The predicted octanol–water partition coefficient (Wildman–Crippen LogP) is 4.97. The van der Waals surface area contributed by atoms with Crippen LogP contribution in [-0.4, -0.2) is 19.6 Å². The van der Waals surface area contributed by atoms with E-state index in [4.69, 9.17) is 0 Å². The summed E-state index contributed by atoms with van der Waals surface area (Å²) in [4.78, 5) is 8.82. The van der Waals surface area contributed by atoms with Gasteiger partial charge >= 0.3 is 0 Å². The lowest BCUT2D eigenvalue weighted by atomic mass is 9.99. The molecule has 0 unspecified atom stereocenters. The number of nitrogens with one attached hydrogen (secondary N) is 1. The zero-order valence-electron chi connectivity index (χ0n) is 15.1. The fraction of sp³-hybridized carbons (Fsp3) is 0.190. The van der Waals surface area contributed by atoms with Crippen molar-refractivity contribution in [2.75, 3.05) is 5.32 Å². The van der Waals surface area contributed by atoms with Crippen molar-refractivity contribution >= 4 is 17.3 Å². The number of fused-ring (bicyclic) bond motifs is 1. The van der Waals surface area contributed by atoms with Crippen LogP contribution >= 0.6 is 0 Å². The quantitative estimate of drug-likeness (QED) is 0.568. The van der Waals surface area contributed by atoms with E-state index in [1.807, 2.05) is 35.7 Å². The molecule has 3 aromatic heterocycles. The maximum absolute atomic E-state index is 4.66. The minimum atomic E-state index is 0.483. The fourth-order valence-corrected chi connectivity index (χ4v) is 2.99. The van der Waals surface area contributed by atoms with Crippen LogP contribution in [0.25, 0.3) is 16.9 Å². The van der Waals surface area contributed by atoms with Gasteiger partial charge in [0.05, 0.1) is 5.69 Å². The van der Waals surface area contributed by atoms with E-state index in [2.05, 4.69) is 64.6 Å². The summed E-state index contributed by atoms with van der Waals surface area (Å²) >= 11 is 0. The number of rotatable bonds is 4. The van der Waals surface area contributed by atoms with Crippen LogP contribution in [0.4, 0.5) is 11.6 Å². The lowest BCUT2D eigenvalue weighted by Gasteiger charge is -2.09. The molecule has 0 spiro atoms. The van der Waals surface area contributed by atoms with E-state index < -0.39 is 0 Å². The second kappa shape index (κ2) is 6.59. The number of aryl methyl sites for hydroxylation is 1. The highest BCUT2D eigenvalue weighted by atomic mass is 15.4. The van der Waals surface area contributed by atoms with Gasteiger partial charge < -0.3 is 5.32 Å². The molecule has 0 atom stereocenters. The molecule has 130 valence electrons. The molecule has 0 amide bonds. The molecule has 0 bridgehead atoms. The molecular formula is C21H21N5. The molecule has 1 aromatic carbocycles. The second-order valence-corrected chi connectivity index (χ2v) is 6.71. The van der Waals surface area contributed by atoms with Gasteiger partial charge in [0.2, 0.25) is 5.95 Å². The minimum Gasteiger partial charge on any atom is -0.323 e. The average molecular weight is 343 g/mol. The van der Waals surface area contributed by atoms with E-state index in [0.717, 1.165) is 28.3 Å². The van der Waals surface area contributed by atoms with Crippen LogP contribution in [0.1, 0.15) is 31.0 Å². The molecule has 0 aliphatic rings. The number of anilines is 2. The molecule has 0 radical (unpaired) electrons. The number of hydrogen-bond acceptors (Lipinski definition) is 4. The third-order valence-corrected chi connectivity index (χ3v) is 4.36. The molecule has 1 N–H and O–H groups in total. The number of benzene rings is 1. The van der Waals surface area contributed by atoms with Crippen molar-refractivity contribution in [1.82, 2.24) is 19.6 Å². The Morgan fingerprint density at radius 3 is 2.65 bits per heavy atom. The molecule has 0 aliphatic heterocycles. The van der Waals surface area contributed by atoms with Crippen LogP contribution in [0.2, 0.25) is 0 Å². The number of pyridine rings is 2. The second-order valence-electron chi connectivity index (χ2n) is 6.71. The molecule has 3 heterocycles. The Hall–Kier alpha value is -3.21. The van der Waals surface area contributed by atoms with Gasteiger partial charge in [0.1, 0.15) is 0 Å². The van der Waals surface area contributed by atoms with Crippen LogP contribution in [0, 0.1) is 6.92 Å². The maximum atomic E-state index is 4.66. The van der Waals surface area contributed by atoms with Crippen LogP contribution < -0.4 is 5.32 Å². The Bertz CT molecular complexity index is 1060. The van der Waals surface area contributed by atoms with Crippen molar-refractivity contribution in [3.05, 3.63) is 72.1 Å². The first-order valence-electron chi connectivity index (χ1n) is 8.76. The van der Waals surface area contributed by atoms with Crippen LogP contribution in [0.3, 0.4) is 0 Å². The van der Waals surface area contributed by atoms with Crippen molar-refractivity contribution in [3.63, 3.8) is 0 Å². The van der Waals surface area contributed by atoms with Crippen molar-refractivity contribution < 1.29 is 0 Å². The van der Waals surface area contributed by atoms with Crippen molar-refractivity contribution in [2.45, 2.75) is 26.7 Å². The summed E-state index contributed by atoms with van der Waals surface area (Å²) in [6.07, 6.45) is 1.77. The monoisotopic (exact) mass is 343 g/mol. The molecule has 4 rings (SSSR count). The van der Waals surface area contributed by atoms with Gasteiger partial charge in [-0.3, -0.25) is 4.98 Å². The largest absolute Gasteiger partial charge is 0.323 e. The van der Waals surface area contributed by atoms with Crippen LogP contribution in [-0.2, 0) is 0 Å². The molecule has 4 aromatic rings. The number of nitrogens with zero attached hydrogens (tertiary/aromatic N) is 4. The highest BCUT2D eigenvalue weighted by Gasteiger charge is 2.10. The van der Waals surface area contributed by atoms with E-state index in [1.165, 1.54) is 5.56 Å². The molecule has 5 heteroatoms. The van der Waals surface area contributed by atoms with Gasteiger partial charge in [-0.25, -0.2) is 4.52 Å². The maximum Gasteiger partial charge on any atom is 0.247 e. The van der Waals surface area contributed by atoms with E-state index in [1.54, 1.807) is 6.20 Å². The van der Waals surface area contributed by atoms with Gasteiger partial charge in [0.25, 0.3) is 0 Å². The molecule has 0 saturated heterocycles. The molecule has 5 nitrogen and oxygen atoms in total. The Morgan fingerprint density at radius 2 is 1.85 bits per heavy atom. The SMILES string of the molecule is Cc1cc(Nc2nc3cccc(-c4cccc(C(C)C)c4)n3n2)ccn1. The lowest BCUT2D eigenvalue weighted by Crippen LogP contribution is -1.97. The predicted molar refractivity (Wildman–Crippen MR) is 105 cm³/mol. The van der Waals surface area contributed by atoms with Gasteiger partial charge in [-0.15, -0.1) is 5.10 Å². The zero-order chi connectivity index (χ0) is 18.1. The van der Waals surface area contributed by atoms with Crippen molar-refractivity contribution in [3.8, 4) is 11.3 Å². The van der Waals surface area contributed by atoms with Gasteiger partial charge in [-0.05, 0) is 48.7 Å². The summed E-state index contributed by atoms with van der Waals surface area (Å²) in [5.74, 6) is 1.06. The first-order valence-corrected chi connectivity index (χ1v) is 8.76. The van der Waals surface area contributed by atoms with Gasteiger partial charge in [-0.2, -0.15) is 4.98 Å².